The Morgan fingerprint density at radius 1 is 1.19 bits per heavy atom. The van der Waals surface area contributed by atoms with Crippen LogP contribution < -0.4 is 10.1 Å². The summed E-state index contributed by atoms with van der Waals surface area (Å²) < 4.78 is 10.3. The number of ether oxygens (including phenoxy) is 2. The highest BCUT2D eigenvalue weighted by Crippen LogP contribution is 2.26. The van der Waals surface area contributed by atoms with Crippen LogP contribution in [0.15, 0.2) is 47.4 Å². The molecule has 0 aromatic heterocycles. The molecule has 0 aliphatic rings. The van der Waals surface area contributed by atoms with E-state index in [0.29, 0.717) is 16.5 Å². The molecule has 1 amide bonds. The van der Waals surface area contributed by atoms with Crippen LogP contribution in [0.1, 0.15) is 12.5 Å². The molecule has 0 aliphatic heterocycles. The van der Waals surface area contributed by atoms with Gasteiger partial charge in [-0.05, 0) is 55.8 Å². The summed E-state index contributed by atoms with van der Waals surface area (Å²) in [4.78, 5) is 25.0. The van der Waals surface area contributed by atoms with Gasteiger partial charge in [0.05, 0.1) is 12.8 Å². The number of halogens is 1. The van der Waals surface area contributed by atoms with Gasteiger partial charge in [0.15, 0.2) is 6.61 Å². The number of carbonyl (C=O) groups is 2. The second-order valence-corrected chi connectivity index (χ2v) is 7.42. The van der Waals surface area contributed by atoms with Gasteiger partial charge < -0.3 is 14.8 Å². The highest BCUT2D eigenvalue weighted by atomic mass is 35.5. The van der Waals surface area contributed by atoms with Gasteiger partial charge in [-0.15, -0.1) is 11.8 Å². The van der Waals surface area contributed by atoms with Gasteiger partial charge in [-0.1, -0.05) is 17.7 Å². The maximum atomic E-state index is 12.1. The maximum Gasteiger partial charge on any atom is 0.319 e. The molecular formula is C19H20ClNO4S. The summed E-state index contributed by atoms with van der Waals surface area (Å²) in [6, 6.07) is 12.6. The second kappa shape index (κ2) is 9.50. The molecule has 1 N–H and O–H groups in total. The van der Waals surface area contributed by atoms with Crippen molar-refractivity contribution in [1.29, 1.82) is 0 Å². The minimum Gasteiger partial charge on any atom is -0.495 e. The molecule has 138 valence electrons. The Hall–Kier alpha value is -2.18. The van der Waals surface area contributed by atoms with Crippen LogP contribution >= 0.6 is 23.4 Å². The highest BCUT2D eigenvalue weighted by Gasteiger charge is 2.18. The number of anilines is 1. The van der Waals surface area contributed by atoms with Gasteiger partial charge in [0, 0.05) is 9.92 Å². The third-order valence-corrected chi connectivity index (χ3v) is 4.78. The van der Waals surface area contributed by atoms with Crippen LogP contribution in [0.4, 0.5) is 5.69 Å². The van der Waals surface area contributed by atoms with Crippen molar-refractivity contribution in [2.24, 2.45) is 0 Å². The molecule has 0 heterocycles. The normalized spacial score (nSPS) is 11.5. The minimum absolute atomic E-state index is 0.360. The lowest BCUT2D eigenvalue weighted by Crippen LogP contribution is -2.25. The quantitative estimate of drug-likeness (QED) is 0.560. The molecule has 26 heavy (non-hydrogen) atoms. The van der Waals surface area contributed by atoms with Crippen molar-refractivity contribution in [1.82, 2.24) is 0 Å². The minimum atomic E-state index is -0.462. The summed E-state index contributed by atoms with van der Waals surface area (Å²) >= 11 is 7.18. The van der Waals surface area contributed by atoms with Crippen molar-refractivity contribution < 1.29 is 19.1 Å². The van der Waals surface area contributed by atoms with E-state index in [0.717, 1.165) is 10.5 Å². The van der Waals surface area contributed by atoms with E-state index in [2.05, 4.69) is 5.32 Å². The number of carbonyl (C=O) groups excluding carboxylic acids is 2. The molecule has 0 spiro atoms. The summed E-state index contributed by atoms with van der Waals surface area (Å²) in [6.07, 6.45) is 0. The Bertz CT molecular complexity index is 780. The number of rotatable bonds is 7. The topological polar surface area (TPSA) is 64.6 Å². The Balaban J connectivity index is 1.85. The number of hydrogen-bond donors (Lipinski definition) is 1. The first-order chi connectivity index (χ1) is 12.4. The maximum absolute atomic E-state index is 12.1. The molecule has 0 saturated heterocycles. The van der Waals surface area contributed by atoms with Gasteiger partial charge in [0.2, 0.25) is 0 Å². The molecule has 7 heteroatoms. The fourth-order valence-corrected chi connectivity index (χ4v) is 3.12. The summed E-state index contributed by atoms with van der Waals surface area (Å²) in [7, 11) is 1.52. The average molecular weight is 394 g/mol. The Morgan fingerprint density at radius 3 is 2.54 bits per heavy atom. The number of hydrogen-bond acceptors (Lipinski definition) is 5. The number of thioether (sulfide) groups is 1. The van der Waals surface area contributed by atoms with Gasteiger partial charge in [0.1, 0.15) is 11.0 Å². The van der Waals surface area contributed by atoms with E-state index in [9.17, 15) is 9.59 Å². The summed E-state index contributed by atoms with van der Waals surface area (Å²) in [6.45, 7) is 3.27. The molecule has 2 rings (SSSR count). The van der Waals surface area contributed by atoms with Crippen LogP contribution in [0.3, 0.4) is 0 Å². The third kappa shape index (κ3) is 5.97. The molecular weight excluding hydrogens is 374 g/mol. The van der Waals surface area contributed by atoms with Gasteiger partial charge in [-0.25, -0.2) is 0 Å². The molecule has 0 radical (unpaired) electrons. The number of methoxy groups -OCH3 is 1. The second-order valence-electron chi connectivity index (χ2n) is 5.57. The first-order valence-corrected chi connectivity index (χ1v) is 9.18. The van der Waals surface area contributed by atoms with E-state index >= 15 is 0 Å². The lowest BCUT2D eigenvalue weighted by molar-refractivity contribution is -0.146. The summed E-state index contributed by atoms with van der Waals surface area (Å²) in [5.74, 6) is -0.343. The molecule has 2 aromatic carbocycles. The van der Waals surface area contributed by atoms with E-state index in [4.69, 9.17) is 21.1 Å². The van der Waals surface area contributed by atoms with Crippen LogP contribution in [0.2, 0.25) is 5.02 Å². The fourth-order valence-electron chi connectivity index (χ4n) is 2.13. The van der Waals surface area contributed by atoms with Crippen molar-refractivity contribution >= 4 is 40.9 Å². The van der Waals surface area contributed by atoms with Crippen LogP contribution in [0.25, 0.3) is 0 Å². The lowest BCUT2D eigenvalue weighted by Gasteiger charge is -2.13. The average Bonchev–Trinajstić information content (AvgIpc) is 2.61. The van der Waals surface area contributed by atoms with Crippen LogP contribution in [0, 0.1) is 6.92 Å². The molecule has 0 unspecified atom stereocenters. The number of nitrogens with one attached hydrogen (secondary N) is 1. The van der Waals surface area contributed by atoms with E-state index < -0.39 is 17.1 Å². The van der Waals surface area contributed by atoms with Gasteiger partial charge >= 0.3 is 5.97 Å². The molecule has 2 aromatic rings. The molecule has 5 nitrogen and oxygen atoms in total. The molecule has 0 saturated carbocycles. The van der Waals surface area contributed by atoms with Crippen LogP contribution in [-0.4, -0.2) is 30.8 Å². The first-order valence-electron chi connectivity index (χ1n) is 7.92. The molecule has 0 bridgehead atoms. The lowest BCUT2D eigenvalue weighted by atomic mass is 10.2. The standard InChI is InChI=1S/C19H20ClNO4S/c1-12-4-9-17(24-3)16(10-12)21-18(22)11-25-19(23)13(2)26-15-7-5-14(20)6-8-15/h4-10,13H,11H2,1-3H3,(H,21,22)/t13-/m1/s1. The van der Waals surface area contributed by atoms with E-state index in [1.54, 1.807) is 31.2 Å². The van der Waals surface area contributed by atoms with Gasteiger partial charge in [-0.3, -0.25) is 9.59 Å². The van der Waals surface area contributed by atoms with Crippen molar-refractivity contribution in [3.05, 3.63) is 53.1 Å². The predicted octanol–water partition coefficient (Wildman–Crippen LogP) is 4.32. The van der Waals surface area contributed by atoms with Crippen molar-refractivity contribution in [3.8, 4) is 5.75 Å². The Kier molecular flexibility index (Phi) is 7.36. The predicted molar refractivity (Wildman–Crippen MR) is 104 cm³/mol. The highest BCUT2D eigenvalue weighted by molar-refractivity contribution is 8.00. The van der Waals surface area contributed by atoms with Crippen molar-refractivity contribution in [2.45, 2.75) is 24.0 Å². The smallest absolute Gasteiger partial charge is 0.319 e. The number of aryl methyl sites for hydroxylation is 1. The van der Waals surface area contributed by atoms with E-state index in [1.807, 2.05) is 25.1 Å². The number of amides is 1. The first kappa shape index (κ1) is 20.1. The third-order valence-electron chi connectivity index (χ3n) is 3.43. The van der Waals surface area contributed by atoms with Crippen molar-refractivity contribution in [3.63, 3.8) is 0 Å². The Morgan fingerprint density at radius 2 is 1.88 bits per heavy atom. The molecule has 0 fully saturated rings. The SMILES string of the molecule is COc1ccc(C)cc1NC(=O)COC(=O)[C@@H](C)Sc1ccc(Cl)cc1. The number of benzene rings is 2. The van der Waals surface area contributed by atoms with E-state index in [-0.39, 0.29) is 6.61 Å². The zero-order valence-corrected chi connectivity index (χ0v) is 16.3. The zero-order chi connectivity index (χ0) is 19.1. The van der Waals surface area contributed by atoms with Crippen molar-refractivity contribution in [2.75, 3.05) is 19.0 Å². The van der Waals surface area contributed by atoms with Crippen LogP contribution in [-0.2, 0) is 14.3 Å². The van der Waals surface area contributed by atoms with E-state index in [1.165, 1.54) is 18.9 Å². The fraction of sp³-hybridized carbons (Fsp3) is 0.263. The Labute approximate surface area is 162 Å². The van der Waals surface area contributed by atoms with Gasteiger partial charge in [-0.2, -0.15) is 0 Å². The molecule has 0 aliphatic carbocycles. The summed E-state index contributed by atoms with van der Waals surface area (Å²) in [5, 5.41) is 2.88. The zero-order valence-electron chi connectivity index (χ0n) is 14.7. The number of esters is 1. The van der Waals surface area contributed by atoms with Gasteiger partial charge in [0.25, 0.3) is 5.91 Å². The monoisotopic (exact) mass is 393 g/mol. The summed E-state index contributed by atoms with van der Waals surface area (Å²) in [5.41, 5.74) is 1.52. The molecule has 1 atom stereocenters. The van der Waals surface area contributed by atoms with Crippen LogP contribution in [0.5, 0.6) is 5.75 Å². The largest absolute Gasteiger partial charge is 0.495 e.